The molecule has 1 amide bonds. The molecule has 25 heavy (non-hydrogen) atoms. The highest BCUT2D eigenvalue weighted by Gasteiger charge is 2.26. The number of carbonyl (C=O) groups excluding carboxylic acids is 1. The standard InChI is InChI=1S/C20H22F2N2O/c1-23-11-9-17(10-12-23)24(2)20(25)18-8-5-15(13-19(18)22)14-3-6-16(21)7-4-14/h3-8,13,17H,9-12H2,1-2H3. The Morgan fingerprint density at radius 3 is 2.24 bits per heavy atom. The topological polar surface area (TPSA) is 23.6 Å². The van der Waals surface area contributed by atoms with E-state index in [4.69, 9.17) is 0 Å². The summed E-state index contributed by atoms with van der Waals surface area (Å²) in [6, 6.07) is 10.5. The lowest BCUT2D eigenvalue weighted by Gasteiger charge is -2.35. The summed E-state index contributed by atoms with van der Waals surface area (Å²) < 4.78 is 27.5. The largest absolute Gasteiger partial charge is 0.339 e. The maximum Gasteiger partial charge on any atom is 0.256 e. The molecular weight excluding hydrogens is 322 g/mol. The van der Waals surface area contributed by atoms with E-state index in [1.54, 1.807) is 30.1 Å². The first-order valence-corrected chi connectivity index (χ1v) is 8.47. The van der Waals surface area contributed by atoms with E-state index in [2.05, 4.69) is 11.9 Å². The fourth-order valence-electron chi connectivity index (χ4n) is 3.25. The molecule has 2 aromatic carbocycles. The molecule has 0 aromatic heterocycles. The number of benzene rings is 2. The Morgan fingerprint density at radius 2 is 1.64 bits per heavy atom. The van der Waals surface area contributed by atoms with E-state index in [9.17, 15) is 13.6 Å². The van der Waals surface area contributed by atoms with E-state index in [1.807, 2.05) is 0 Å². The smallest absolute Gasteiger partial charge is 0.256 e. The van der Waals surface area contributed by atoms with Crippen molar-refractivity contribution in [3.63, 3.8) is 0 Å². The summed E-state index contributed by atoms with van der Waals surface area (Å²) in [6.45, 7) is 1.88. The van der Waals surface area contributed by atoms with Crippen LogP contribution in [0.5, 0.6) is 0 Å². The summed E-state index contributed by atoms with van der Waals surface area (Å²) in [4.78, 5) is 16.5. The molecule has 1 fully saturated rings. The van der Waals surface area contributed by atoms with Crippen molar-refractivity contribution in [2.75, 3.05) is 27.2 Å². The second-order valence-corrected chi connectivity index (χ2v) is 6.65. The van der Waals surface area contributed by atoms with Gasteiger partial charge in [0.2, 0.25) is 0 Å². The molecule has 1 saturated heterocycles. The number of piperidine rings is 1. The van der Waals surface area contributed by atoms with Crippen molar-refractivity contribution in [3.05, 3.63) is 59.7 Å². The number of rotatable bonds is 3. The molecule has 3 nitrogen and oxygen atoms in total. The van der Waals surface area contributed by atoms with E-state index in [1.165, 1.54) is 24.3 Å². The molecule has 0 bridgehead atoms. The van der Waals surface area contributed by atoms with Crippen molar-refractivity contribution in [1.82, 2.24) is 9.80 Å². The summed E-state index contributed by atoms with van der Waals surface area (Å²) in [6.07, 6.45) is 1.79. The molecule has 0 atom stereocenters. The van der Waals surface area contributed by atoms with E-state index >= 15 is 0 Å². The predicted octanol–water partition coefficient (Wildman–Crippen LogP) is 3.80. The van der Waals surface area contributed by atoms with Crippen LogP contribution in [-0.2, 0) is 0 Å². The summed E-state index contributed by atoms with van der Waals surface area (Å²) >= 11 is 0. The van der Waals surface area contributed by atoms with E-state index in [0.717, 1.165) is 25.9 Å². The van der Waals surface area contributed by atoms with Gasteiger partial charge in [-0.3, -0.25) is 4.79 Å². The molecule has 0 spiro atoms. The molecule has 0 radical (unpaired) electrons. The quantitative estimate of drug-likeness (QED) is 0.846. The lowest BCUT2D eigenvalue weighted by atomic mass is 10.0. The van der Waals surface area contributed by atoms with Crippen LogP contribution in [0.2, 0.25) is 0 Å². The average Bonchev–Trinajstić information content (AvgIpc) is 2.62. The number of carbonyl (C=O) groups is 1. The molecule has 0 unspecified atom stereocenters. The average molecular weight is 344 g/mol. The van der Waals surface area contributed by atoms with Crippen LogP contribution in [0.25, 0.3) is 11.1 Å². The molecule has 0 aliphatic carbocycles. The zero-order valence-corrected chi connectivity index (χ0v) is 14.5. The minimum Gasteiger partial charge on any atom is -0.339 e. The van der Waals surface area contributed by atoms with Gasteiger partial charge in [-0.05, 0) is 68.4 Å². The van der Waals surface area contributed by atoms with Crippen LogP contribution >= 0.6 is 0 Å². The monoisotopic (exact) mass is 344 g/mol. The van der Waals surface area contributed by atoms with Crippen molar-refractivity contribution < 1.29 is 13.6 Å². The predicted molar refractivity (Wildman–Crippen MR) is 94.4 cm³/mol. The normalized spacial score (nSPS) is 16.0. The Kier molecular flexibility index (Phi) is 5.13. The second kappa shape index (κ2) is 7.31. The van der Waals surface area contributed by atoms with Gasteiger partial charge in [0.15, 0.2) is 0 Å². The van der Waals surface area contributed by atoms with Gasteiger partial charge in [-0.15, -0.1) is 0 Å². The molecule has 0 saturated carbocycles. The summed E-state index contributed by atoms with van der Waals surface area (Å²) in [7, 11) is 3.80. The van der Waals surface area contributed by atoms with Gasteiger partial charge in [0.25, 0.3) is 5.91 Å². The van der Waals surface area contributed by atoms with Gasteiger partial charge in [0.05, 0.1) is 5.56 Å². The van der Waals surface area contributed by atoms with Gasteiger partial charge >= 0.3 is 0 Å². The maximum absolute atomic E-state index is 14.5. The lowest BCUT2D eigenvalue weighted by Crippen LogP contribution is -2.44. The van der Waals surface area contributed by atoms with Crippen LogP contribution in [0.4, 0.5) is 8.78 Å². The first-order chi connectivity index (χ1) is 12.0. The highest BCUT2D eigenvalue weighted by molar-refractivity contribution is 5.95. The van der Waals surface area contributed by atoms with Crippen molar-refractivity contribution in [2.45, 2.75) is 18.9 Å². The van der Waals surface area contributed by atoms with Crippen molar-refractivity contribution in [2.24, 2.45) is 0 Å². The Hall–Kier alpha value is -2.27. The number of nitrogens with zero attached hydrogens (tertiary/aromatic N) is 2. The molecule has 1 aliphatic heterocycles. The van der Waals surface area contributed by atoms with E-state index in [0.29, 0.717) is 11.1 Å². The molecule has 132 valence electrons. The third-order valence-electron chi connectivity index (χ3n) is 4.93. The zero-order chi connectivity index (χ0) is 18.0. The lowest BCUT2D eigenvalue weighted by molar-refractivity contribution is 0.0655. The van der Waals surface area contributed by atoms with Crippen LogP contribution in [0.3, 0.4) is 0 Å². The Morgan fingerprint density at radius 1 is 1.04 bits per heavy atom. The van der Waals surface area contributed by atoms with E-state index < -0.39 is 5.82 Å². The fourth-order valence-corrected chi connectivity index (χ4v) is 3.25. The molecule has 2 aromatic rings. The van der Waals surface area contributed by atoms with Gasteiger partial charge < -0.3 is 9.80 Å². The van der Waals surface area contributed by atoms with Crippen LogP contribution < -0.4 is 0 Å². The highest BCUT2D eigenvalue weighted by atomic mass is 19.1. The minimum atomic E-state index is -0.549. The minimum absolute atomic E-state index is 0.0762. The van der Waals surface area contributed by atoms with Crippen LogP contribution in [0.15, 0.2) is 42.5 Å². The fraction of sp³-hybridized carbons (Fsp3) is 0.350. The number of hydrogen-bond donors (Lipinski definition) is 0. The third-order valence-corrected chi connectivity index (χ3v) is 4.93. The highest BCUT2D eigenvalue weighted by Crippen LogP contribution is 2.24. The first kappa shape index (κ1) is 17.5. The Labute approximate surface area is 146 Å². The van der Waals surface area contributed by atoms with Crippen molar-refractivity contribution >= 4 is 5.91 Å². The first-order valence-electron chi connectivity index (χ1n) is 8.47. The number of amides is 1. The third kappa shape index (κ3) is 3.87. The van der Waals surface area contributed by atoms with Crippen LogP contribution in [0.1, 0.15) is 23.2 Å². The molecule has 0 N–H and O–H groups in total. The van der Waals surface area contributed by atoms with E-state index in [-0.39, 0.29) is 23.3 Å². The SMILES string of the molecule is CN1CCC(N(C)C(=O)c2ccc(-c3ccc(F)cc3)cc2F)CC1. The van der Waals surface area contributed by atoms with Gasteiger partial charge in [-0.2, -0.15) is 0 Å². The van der Waals surface area contributed by atoms with Gasteiger partial charge in [0, 0.05) is 13.1 Å². The summed E-state index contributed by atoms with van der Waals surface area (Å²) in [5.74, 6) is -1.18. The second-order valence-electron chi connectivity index (χ2n) is 6.65. The van der Waals surface area contributed by atoms with Crippen LogP contribution in [0, 0.1) is 11.6 Å². The molecule has 1 heterocycles. The molecule has 5 heteroatoms. The Balaban J connectivity index is 1.78. The van der Waals surface area contributed by atoms with Gasteiger partial charge in [-0.25, -0.2) is 8.78 Å². The Bertz CT molecular complexity index is 753. The number of likely N-dealkylation sites (tertiary alicyclic amines) is 1. The molecular formula is C20H22F2N2O. The van der Waals surface area contributed by atoms with Gasteiger partial charge in [-0.1, -0.05) is 18.2 Å². The summed E-state index contributed by atoms with van der Waals surface area (Å²) in [5.41, 5.74) is 1.41. The summed E-state index contributed by atoms with van der Waals surface area (Å²) in [5, 5.41) is 0. The number of halogens is 2. The molecule has 1 aliphatic rings. The van der Waals surface area contributed by atoms with Gasteiger partial charge in [0.1, 0.15) is 11.6 Å². The molecule has 3 rings (SSSR count). The zero-order valence-electron chi connectivity index (χ0n) is 14.5. The van der Waals surface area contributed by atoms with Crippen molar-refractivity contribution in [1.29, 1.82) is 0 Å². The van der Waals surface area contributed by atoms with Crippen LogP contribution in [-0.4, -0.2) is 48.9 Å². The number of hydrogen-bond acceptors (Lipinski definition) is 2. The van der Waals surface area contributed by atoms with Crippen molar-refractivity contribution in [3.8, 4) is 11.1 Å². The maximum atomic E-state index is 14.5.